The lowest BCUT2D eigenvalue weighted by molar-refractivity contribution is -0.137. The molecule has 2 N–H and O–H groups in total. The van der Waals surface area contributed by atoms with E-state index in [-0.39, 0.29) is 12.2 Å². The monoisotopic (exact) mass is 428 g/mol. The number of benzene rings is 3. The summed E-state index contributed by atoms with van der Waals surface area (Å²) < 4.78 is 44.0. The predicted octanol–water partition coefficient (Wildman–Crippen LogP) is 5.77. The maximum absolute atomic E-state index is 12.7. The van der Waals surface area contributed by atoms with Gasteiger partial charge in [0.05, 0.1) is 18.7 Å². The molecule has 0 aliphatic rings. The van der Waals surface area contributed by atoms with Crippen LogP contribution in [-0.2, 0) is 17.4 Å². The fraction of sp³-hybridized carbons (Fsp3) is 0.208. The first-order valence-corrected chi connectivity index (χ1v) is 9.88. The molecule has 0 spiro atoms. The number of aryl methyl sites for hydroxylation is 1. The summed E-state index contributed by atoms with van der Waals surface area (Å²) in [5.41, 5.74) is 1.27. The van der Waals surface area contributed by atoms with E-state index in [0.29, 0.717) is 12.3 Å². The summed E-state index contributed by atoms with van der Waals surface area (Å²) in [6.45, 7) is 0.522. The molecule has 0 unspecified atom stereocenters. The van der Waals surface area contributed by atoms with E-state index in [1.165, 1.54) is 17.7 Å². The van der Waals surface area contributed by atoms with Gasteiger partial charge in [-0.25, -0.2) is 0 Å². The zero-order valence-electron chi connectivity index (χ0n) is 16.8. The average molecular weight is 428 g/mol. The lowest BCUT2D eigenvalue weighted by Crippen LogP contribution is -2.22. The van der Waals surface area contributed by atoms with Crippen LogP contribution in [0.2, 0.25) is 0 Å². The third-order valence-corrected chi connectivity index (χ3v) is 4.50. The van der Waals surface area contributed by atoms with Crippen molar-refractivity contribution in [1.82, 2.24) is 0 Å². The van der Waals surface area contributed by atoms with Crippen LogP contribution in [-0.4, -0.2) is 19.1 Å². The van der Waals surface area contributed by atoms with Gasteiger partial charge >= 0.3 is 6.18 Å². The van der Waals surface area contributed by atoms with Crippen molar-refractivity contribution in [2.45, 2.75) is 19.0 Å². The van der Waals surface area contributed by atoms with Crippen molar-refractivity contribution in [3.8, 4) is 5.75 Å². The summed E-state index contributed by atoms with van der Waals surface area (Å²) in [6, 6.07) is 21.9. The van der Waals surface area contributed by atoms with Crippen molar-refractivity contribution >= 4 is 17.3 Å². The van der Waals surface area contributed by atoms with E-state index in [1.807, 2.05) is 18.2 Å². The summed E-state index contributed by atoms with van der Waals surface area (Å²) in [5, 5.41) is 5.39. The second-order valence-electron chi connectivity index (χ2n) is 6.94. The number of hydrogen-bond acceptors (Lipinski definition) is 3. The SMILES string of the molecule is O=C(CNc1ccc(OCCCc2ccccc2)cc1)Nc1cccc(C(F)(F)F)c1. The van der Waals surface area contributed by atoms with E-state index in [2.05, 4.69) is 22.8 Å². The summed E-state index contributed by atoms with van der Waals surface area (Å²) >= 11 is 0. The Hall–Kier alpha value is -3.48. The number of nitrogens with one attached hydrogen (secondary N) is 2. The summed E-state index contributed by atoms with van der Waals surface area (Å²) in [4.78, 5) is 12.0. The van der Waals surface area contributed by atoms with Gasteiger partial charge in [0.15, 0.2) is 0 Å². The van der Waals surface area contributed by atoms with E-state index < -0.39 is 17.6 Å². The van der Waals surface area contributed by atoms with Crippen molar-refractivity contribution in [1.29, 1.82) is 0 Å². The highest BCUT2D eigenvalue weighted by Gasteiger charge is 2.30. The standard InChI is InChI=1S/C24H23F3N2O2/c25-24(26,27)19-9-4-10-21(16-19)29-23(30)17-28-20-11-13-22(14-12-20)31-15-5-8-18-6-2-1-3-7-18/h1-4,6-7,9-14,16,28H,5,8,15,17H2,(H,29,30). The molecule has 3 rings (SSSR count). The molecule has 0 aliphatic carbocycles. The minimum absolute atomic E-state index is 0.0759. The molecule has 0 heterocycles. The Bertz CT molecular complexity index is 974. The number of carbonyl (C=O) groups is 1. The van der Waals surface area contributed by atoms with Gasteiger partial charge in [0.2, 0.25) is 5.91 Å². The largest absolute Gasteiger partial charge is 0.494 e. The average Bonchev–Trinajstić information content (AvgIpc) is 2.76. The zero-order chi connectivity index (χ0) is 22.1. The van der Waals surface area contributed by atoms with Crippen LogP contribution < -0.4 is 15.4 Å². The van der Waals surface area contributed by atoms with Gasteiger partial charge in [-0.15, -0.1) is 0 Å². The van der Waals surface area contributed by atoms with E-state index in [9.17, 15) is 18.0 Å². The molecule has 0 saturated heterocycles. The number of ether oxygens (including phenoxy) is 1. The highest BCUT2D eigenvalue weighted by molar-refractivity contribution is 5.93. The fourth-order valence-corrected chi connectivity index (χ4v) is 2.94. The minimum Gasteiger partial charge on any atom is -0.494 e. The van der Waals surface area contributed by atoms with Crippen molar-refractivity contribution in [2.75, 3.05) is 23.8 Å². The molecule has 162 valence electrons. The van der Waals surface area contributed by atoms with Gasteiger partial charge in [0, 0.05) is 11.4 Å². The molecule has 0 radical (unpaired) electrons. The number of carbonyl (C=O) groups excluding carboxylic acids is 1. The van der Waals surface area contributed by atoms with Crippen LogP contribution in [0.4, 0.5) is 24.5 Å². The first-order chi connectivity index (χ1) is 14.9. The second kappa shape index (κ2) is 10.5. The Morgan fingerprint density at radius 2 is 1.61 bits per heavy atom. The first-order valence-electron chi connectivity index (χ1n) is 9.88. The van der Waals surface area contributed by atoms with Crippen LogP contribution in [0.15, 0.2) is 78.9 Å². The molecule has 0 bridgehead atoms. The Labute approximate surface area is 179 Å². The Morgan fingerprint density at radius 1 is 0.871 bits per heavy atom. The van der Waals surface area contributed by atoms with E-state index >= 15 is 0 Å². The maximum atomic E-state index is 12.7. The predicted molar refractivity (Wildman–Crippen MR) is 115 cm³/mol. The van der Waals surface area contributed by atoms with Gasteiger partial charge in [-0.05, 0) is 60.9 Å². The number of halogens is 3. The molecule has 0 aromatic heterocycles. The van der Waals surface area contributed by atoms with Crippen LogP contribution in [0, 0.1) is 0 Å². The van der Waals surface area contributed by atoms with Crippen LogP contribution in [0.1, 0.15) is 17.5 Å². The van der Waals surface area contributed by atoms with Gasteiger partial charge in [-0.1, -0.05) is 36.4 Å². The molecule has 0 aliphatic heterocycles. The van der Waals surface area contributed by atoms with Crippen molar-refractivity contribution in [3.63, 3.8) is 0 Å². The number of alkyl halides is 3. The van der Waals surface area contributed by atoms with Crippen molar-refractivity contribution < 1.29 is 22.7 Å². The second-order valence-corrected chi connectivity index (χ2v) is 6.94. The molecule has 0 fully saturated rings. The third kappa shape index (κ3) is 7.37. The van der Waals surface area contributed by atoms with Crippen LogP contribution in [0.5, 0.6) is 5.75 Å². The van der Waals surface area contributed by atoms with Crippen molar-refractivity contribution in [2.24, 2.45) is 0 Å². The van der Waals surface area contributed by atoms with Crippen LogP contribution >= 0.6 is 0 Å². The smallest absolute Gasteiger partial charge is 0.416 e. The van der Waals surface area contributed by atoms with E-state index in [4.69, 9.17) is 4.74 Å². The lowest BCUT2D eigenvalue weighted by Gasteiger charge is -2.11. The Balaban J connectivity index is 1.40. The highest BCUT2D eigenvalue weighted by Crippen LogP contribution is 2.30. The first kappa shape index (κ1) is 22.2. The zero-order valence-corrected chi connectivity index (χ0v) is 16.8. The summed E-state index contributed by atoms with van der Waals surface area (Å²) in [7, 11) is 0. The minimum atomic E-state index is -4.45. The van der Waals surface area contributed by atoms with Gasteiger partial charge in [0.1, 0.15) is 5.75 Å². The molecule has 4 nitrogen and oxygen atoms in total. The number of anilines is 2. The number of rotatable bonds is 9. The quantitative estimate of drug-likeness (QED) is 0.426. The van der Waals surface area contributed by atoms with Crippen molar-refractivity contribution in [3.05, 3.63) is 90.0 Å². The Kier molecular flexibility index (Phi) is 7.54. The maximum Gasteiger partial charge on any atom is 0.416 e. The molecule has 3 aromatic rings. The highest BCUT2D eigenvalue weighted by atomic mass is 19.4. The number of amides is 1. The normalized spacial score (nSPS) is 11.1. The lowest BCUT2D eigenvalue weighted by atomic mass is 10.1. The van der Waals surface area contributed by atoms with Gasteiger partial charge in [0.25, 0.3) is 0 Å². The third-order valence-electron chi connectivity index (χ3n) is 4.50. The molecule has 7 heteroatoms. The summed E-state index contributed by atoms with van der Waals surface area (Å²) in [6.07, 6.45) is -2.61. The fourth-order valence-electron chi connectivity index (χ4n) is 2.94. The topological polar surface area (TPSA) is 50.4 Å². The molecule has 31 heavy (non-hydrogen) atoms. The molecule has 1 amide bonds. The number of hydrogen-bond donors (Lipinski definition) is 2. The summed E-state index contributed by atoms with van der Waals surface area (Å²) in [5.74, 6) is 0.285. The van der Waals surface area contributed by atoms with Crippen LogP contribution in [0.3, 0.4) is 0 Å². The molecule has 3 aromatic carbocycles. The molecule has 0 saturated carbocycles. The van der Waals surface area contributed by atoms with Crippen LogP contribution in [0.25, 0.3) is 0 Å². The van der Waals surface area contributed by atoms with E-state index in [1.54, 1.807) is 24.3 Å². The Morgan fingerprint density at radius 3 is 2.32 bits per heavy atom. The molecule has 0 atom stereocenters. The molecular weight excluding hydrogens is 405 g/mol. The van der Waals surface area contributed by atoms with E-state index in [0.717, 1.165) is 30.7 Å². The van der Waals surface area contributed by atoms with Gasteiger partial charge < -0.3 is 15.4 Å². The van der Waals surface area contributed by atoms with Gasteiger partial charge in [-0.3, -0.25) is 4.79 Å². The molecular formula is C24H23F3N2O2. The van der Waals surface area contributed by atoms with Gasteiger partial charge in [-0.2, -0.15) is 13.2 Å².